The topological polar surface area (TPSA) is 72.9 Å². The molecule has 4 rings (SSSR count). The molecule has 0 aromatic heterocycles. The molecule has 0 unspecified atom stereocenters. The van der Waals surface area contributed by atoms with Gasteiger partial charge in [0, 0.05) is 10.0 Å². The highest BCUT2D eigenvalue weighted by molar-refractivity contribution is 8.18. The molecule has 2 amide bonds. The second-order valence-electron chi connectivity index (χ2n) is 7.31. The van der Waals surface area contributed by atoms with E-state index in [1.165, 1.54) is 37.5 Å². The van der Waals surface area contributed by atoms with Crippen LogP contribution in [0.3, 0.4) is 0 Å². The standard InChI is InChI=1S/C25H16Cl2FNO5S/c1-33-20-8-5-14(9-21(20)34-24(31)15-3-2-4-17(26)11-15)10-22-23(30)29(25(32)35-22)13-16-6-7-18(28)12-19(16)27/h2-12H,13H2,1H3/b22-10-. The van der Waals surface area contributed by atoms with Gasteiger partial charge in [-0.25, -0.2) is 9.18 Å². The molecule has 0 radical (unpaired) electrons. The van der Waals surface area contributed by atoms with E-state index in [9.17, 15) is 18.8 Å². The van der Waals surface area contributed by atoms with Crippen LogP contribution in [0.25, 0.3) is 6.08 Å². The van der Waals surface area contributed by atoms with E-state index in [1.54, 1.807) is 30.3 Å². The molecule has 0 bridgehead atoms. The lowest BCUT2D eigenvalue weighted by Gasteiger charge is -2.13. The molecule has 3 aromatic carbocycles. The Balaban J connectivity index is 1.56. The lowest BCUT2D eigenvalue weighted by molar-refractivity contribution is -0.123. The van der Waals surface area contributed by atoms with Crippen molar-refractivity contribution in [2.45, 2.75) is 6.54 Å². The summed E-state index contributed by atoms with van der Waals surface area (Å²) in [5.74, 6) is -1.24. The molecular weight excluding hydrogens is 516 g/mol. The first-order valence-corrected chi connectivity index (χ1v) is 11.7. The summed E-state index contributed by atoms with van der Waals surface area (Å²) < 4.78 is 24.1. The first-order valence-electron chi connectivity index (χ1n) is 10.1. The van der Waals surface area contributed by atoms with Crippen molar-refractivity contribution in [3.8, 4) is 11.5 Å². The molecule has 3 aromatic rings. The number of halogens is 3. The number of carbonyl (C=O) groups excluding carboxylic acids is 3. The third kappa shape index (κ3) is 5.67. The zero-order chi connectivity index (χ0) is 25.1. The summed E-state index contributed by atoms with van der Waals surface area (Å²) in [7, 11) is 1.43. The van der Waals surface area contributed by atoms with Gasteiger partial charge < -0.3 is 9.47 Å². The number of hydrogen-bond donors (Lipinski definition) is 0. The summed E-state index contributed by atoms with van der Waals surface area (Å²) in [6.07, 6.45) is 1.51. The molecule has 0 aliphatic carbocycles. The molecule has 0 atom stereocenters. The van der Waals surface area contributed by atoms with Crippen LogP contribution >= 0.6 is 35.0 Å². The molecule has 1 aliphatic rings. The van der Waals surface area contributed by atoms with Crippen LogP contribution in [0.5, 0.6) is 11.5 Å². The van der Waals surface area contributed by atoms with Crippen LogP contribution in [0.1, 0.15) is 21.5 Å². The van der Waals surface area contributed by atoms with E-state index in [-0.39, 0.29) is 27.8 Å². The Hall–Kier alpha value is -3.33. The van der Waals surface area contributed by atoms with Crippen LogP contribution in [0.2, 0.25) is 10.0 Å². The summed E-state index contributed by atoms with van der Waals surface area (Å²) in [5, 5.41) is 0.0231. The summed E-state index contributed by atoms with van der Waals surface area (Å²) >= 11 is 12.7. The van der Waals surface area contributed by atoms with Gasteiger partial charge in [0.1, 0.15) is 5.82 Å². The molecule has 0 saturated carbocycles. The molecule has 1 heterocycles. The van der Waals surface area contributed by atoms with Gasteiger partial charge in [-0.2, -0.15) is 0 Å². The molecule has 10 heteroatoms. The Bertz CT molecular complexity index is 1380. The van der Waals surface area contributed by atoms with Gasteiger partial charge in [-0.05, 0) is 71.4 Å². The van der Waals surface area contributed by atoms with Crippen molar-refractivity contribution in [2.75, 3.05) is 7.11 Å². The number of benzene rings is 3. The molecule has 178 valence electrons. The van der Waals surface area contributed by atoms with Crippen LogP contribution in [-0.4, -0.2) is 29.1 Å². The third-order valence-electron chi connectivity index (χ3n) is 4.97. The molecule has 1 aliphatic heterocycles. The molecule has 35 heavy (non-hydrogen) atoms. The van der Waals surface area contributed by atoms with Crippen molar-refractivity contribution >= 4 is 58.2 Å². The molecule has 0 spiro atoms. The van der Waals surface area contributed by atoms with E-state index >= 15 is 0 Å². The summed E-state index contributed by atoms with van der Waals surface area (Å²) in [5.41, 5.74) is 1.20. The summed E-state index contributed by atoms with van der Waals surface area (Å²) in [4.78, 5) is 39.1. The predicted molar refractivity (Wildman–Crippen MR) is 132 cm³/mol. The lowest BCUT2D eigenvalue weighted by atomic mass is 10.1. The van der Waals surface area contributed by atoms with Gasteiger partial charge in [-0.15, -0.1) is 0 Å². The smallest absolute Gasteiger partial charge is 0.343 e. The maximum atomic E-state index is 13.3. The van der Waals surface area contributed by atoms with Crippen molar-refractivity contribution in [3.63, 3.8) is 0 Å². The average molecular weight is 532 g/mol. The van der Waals surface area contributed by atoms with Gasteiger partial charge in [-0.1, -0.05) is 41.4 Å². The SMILES string of the molecule is COc1ccc(/C=C2\SC(=O)N(Cc3ccc(F)cc3Cl)C2=O)cc1OC(=O)c1cccc(Cl)c1. The number of rotatable bonds is 6. The van der Waals surface area contributed by atoms with Crippen molar-refractivity contribution in [2.24, 2.45) is 0 Å². The highest BCUT2D eigenvalue weighted by Gasteiger charge is 2.35. The fourth-order valence-corrected chi connectivity index (χ4v) is 4.50. The fourth-order valence-electron chi connectivity index (χ4n) is 3.25. The Morgan fingerprint density at radius 3 is 2.57 bits per heavy atom. The molecular formula is C25H16Cl2FNO5S. The first-order chi connectivity index (χ1) is 16.7. The highest BCUT2D eigenvalue weighted by atomic mass is 35.5. The van der Waals surface area contributed by atoms with Crippen molar-refractivity contribution in [1.82, 2.24) is 4.90 Å². The second-order valence-corrected chi connectivity index (χ2v) is 9.15. The quantitative estimate of drug-likeness (QED) is 0.203. The van der Waals surface area contributed by atoms with Gasteiger partial charge in [0.05, 0.1) is 24.1 Å². The number of hydrogen-bond acceptors (Lipinski definition) is 6. The Labute approximate surface area is 214 Å². The van der Waals surface area contributed by atoms with Crippen LogP contribution in [-0.2, 0) is 11.3 Å². The molecule has 6 nitrogen and oxygen atoms in total. The van der Waals surface area contributed by atoms with Crippen molar-refractivity contribution in [3.05, 3.63) is 98.1 Å². The minimum absolute atomic E-state index is 0.0910. The van der Waals surface area contributed by atoms with Gasteiger partial charge in [0.25, 0.3) is 11.1 Å². The van der Waals surface area contributed by atoms with Crippen LogP contribution in [0.4, 0.5) is 9.18 Å². The molecule has 0 N–H and O–H groups in total. The second kappa shape index (κ2) is 10.5. The van der Waals surface area contributed by atoms with Crippen molar-refractivity contribution in [1.29, 1.82) is 0 Å². The maximum Gasteiger partial charge on any atom is 0.343 e. The van der Waals surface area contributed by atoms with E-state index in [0.29, 0.717) is 21.9 Å². The largest absolute Gasteiger partial charge is 0.493 e. The minimum Gasteiger partial charge on any atom is -0.493 e. The lowest BCUT2D eigenvalue weighted by Crippen LogP contribution is -2.27. The number of thioether (sulfide) groups is 1. The number of imide groups is 1. The van der Waals surface area contributed by atoms with E-state index in [1.807, 2.05) is 0 Å². The van der Waals surface area contributed by atoms with E-state index in [4.69, 9.17) is 32.7 Å². The normalized spacial score (nSPS) is 14.5. The summed E-state index contributed by atoms with van der Waals surface area (Å²) in [6.45, 7) is -0.0910. The maximum absolute atomic E-state index is 13.3. The Kier molecular flexibility index (Phi) is 7.45. The van der Waals surface area contributed by atoms with Gasteiger partial charge >= 0.3 is 5.97 Å². The van der Waals surface area contributed by atoms with Gasteiger partial charge in [0.2, 0.25) is 0 Å². The molecule has 1 fully saturated rings. The van der Waals surface area contributed by atoms with Crippen LogP contribution in [0, 0.1) is 5.82 Å². The Morgan fingerprint density at radius 1 is 1.06 bits per heavy atom. The van der Waals surface area contributed by atoms with E-state index < -0.39 is 22.9 Å². The molecule has 1 saturated heterocycles. The zero-order valence-electron chi connectivity index (χ0n) is 18.1. The monoisotopic (exact) mass is 531 g/mol. The van der Waals surface area contributed by atoms with Gasteiger partial charge in [-0.3, -0.25) is 14.5 Å². The Morgan fingerprint density at radius 2 is 1.86 bits per heavy atom. The number of methoxy groups -OCH3 is 1. The predicted octanol–water partition coefficient (Wildman–Crippen LogP) is 6.60. The number of nitrogens with zero attached hydrogens (tertiary/aromatic N) is 1. The fraction of sp³-hybridized carbons (Fsp3) is 0.0800. The summed E-state index contributed by atoms with van der Waals surface area (Å²) in [6, 6.07) is 14.8. The van der Waals surface area contributed by atoms with Crippen LogP contribution < -0.4 is 9.47 Å². The first kappa shape index (κ1) is 24.8. The number of carbonyl (C=O) groups is 3. The van der Waals surface area contributed by atoms with Crippen LogP contribution in [0.15, 0.2) is 65.6 Å². The number of amides is 2. The van der Waals surface area contributed by atoms with Gasteiger partial charge in [0.15, 0.2) is 11.5 Å². The zero-order valence-corrected chi connectivity index (χ0v) is 20.4. The number of esters is 1. The highest BCUT2D eigenvalue weighted by Crippen LogP contribution is 2.36. The van der Waals surface area contributed by atoms with E-state index in [0.717, 1.165) is 22.7 Å². The minimum atomic E-state index is -0.639. The number of ether oxygens (including phenoxy) is 2. The van der Waals surface area contributed by atoms with E-state index in [2.05, 4.69) is 0 Å². The van der Waals surface area contributed by atoms with Crippen molar-refractivity contribution < 1.29 is 28.2 Å². The average Bonchev–Trinajstić information content (AvgIpc) is 3.08. The third-order valence-corrected chi connectivity index (χ3v) is 6.46.